The van der Waals surface area contributed by atoms with E-state index in [0.29, 0.717) is 19.9 Å². The van der Waals surface area contributed by atoms with Gasteiger partial charge < -0.3 is 9.47 Å². The third-order valence-corrected chi connectivity index (χ3v) is 9.11. The van der Waals surface area contributed by atoms with Gasteiger partial charge in [-0.2, -0.15) is 114 Å². The first kappa shape index (κ1) is 51.2. The Labute approximate surface area is 307 Å². The quantitative estimate of drug-likeness (QED) is 0.154. The summed E-state index contributed by atoms with van der Waals surface area (Å²) in [6.45, 7) is -0.0508. The Morgan fingerprint density at radius 2 is 0.828 bits per heavy atom. The number of alkyl halides is 26. The van der Waals surface area contributed by atoms with Crippen LogP contribution in [0.3, 0.4) is 0 Å². The van der Waals surface area contributed by atoms with Crippen molar-refractivity contribution in [2.45, 2.75) is 123 Å². The van der Waals surface area contributed by atoms with Gasteiger partial charge in [-0.3, -0.25) is 0 Å². The molecule has 1 aromatic carbocycles. The predicted molar refractivity (Wildman–Crippen MR) is 143 cm³/mol. The molecule has 0 spiro atoms. The van der Waals surface area contributed by atoms with Gasteiger partial charge in [-0.15, -0.1) is 0 Å². The van der Waals surface area contributed by atoms with E-state index in [1.54, 1.807) is 0 Å². The van der Waals surface area contributed by atoms with Crippen LogP contribution in [0.15, 0.2) is 36.4 Å². The van der Waals surface area contributed by atoms with Crippen LogP contribution in [0, 0.1) is 5.41 Å². The van der Waals surface area contributed by atoms with Crippen LogP contribution in [0.25, 0.3) is 6.08 Å². The Morgan fingerprint density at radius 1 is 0.500 bits per heavy atom. The van der Waals surface area contributed by atoms with Crippen LogP contribution in [-0.4, -0.2) is 90.1 Å². The molecule has 2 rings (SSSR count). The van der Waals surface area contributed by atoms with E-state index in [0.717, 1.165) is 6.08 Å². The average molecular weight is 910 g/mol. The lowest BCUT2D eigenvalue weighted by atomic mass is 9.68. The molecule has 1 saturated heterocycles. The van der Waals surface area contributed by atoms with E-state index in [-0.39, 0.29) is 5.56 Å². The van der Waals surface area contributed by atoms with Gasteiger partial charge in [-0.1, -0.05) is 50.3 Å². The Bertz CT molecular complexity index is 1510. The minimum atomic E-state index is -8.41. The van der Waals surface area contributed by atoms with Gasteiger partial charge in [0.25, 0.3) is 0 Å². The van der Waals surface area contributed by atoms with E-state index in [9.17, 15) is 114 Å². The highest BCUT2D eigenvalue weighted by Gasteiger charge is 2.92. The second-order valence-corrected chi connectivity index (χ2v) is 13.4. The van der Waals surface area contributed by atoms with Gasteiger partial charge in [0.2, 0.25) is 0 Å². The Hall–Kier alpha value is -2.94. The number of rotatable bonds is 16. The van der Waals surface area contributed by atoms with Crippen molar-refractivity contribution in [1.29, 1.82) is 0 Å². The van der Waals surface area contributed by atoms with E-state index in [1.165, 1.54) is 30.3 Å². The summed E-state index contributed by atoms with van der Waals surface area (Å²) in [6.07, 6.45) is -27.6. The predicted octanol–water partition coefficient (Wildman–Crippen LogP) is 12.9. The summed E-state index contributed by atoms with van der Waals surface area (Å²) in [5.74, 6) is -79.9. The molecular weight excluding hydrogens is 886 g/mol. The maximum atomic E-state index is 14.9. The van der Waals surface area contributed by atoms with Crippen LogP contribution in [0.2, 0.25) is 0 Å². The normalized spacial score (nSPS) is 20.2. The zero-order valence-electron chi connectivity index (χ0n) is 28.3. The van der Waals surface area contributed by atoms with Crippen LogP contribution >= 0.6 is 0 Å². The van der Waals surface area contributed by atoms with Crippen molar-refractivity contribution in [2.24, 2.45) is 5.41 Å². The molecule has 58 heavy (non-hydrogen) atoms. The second-order valence-electron chi connectivity index (χ2n) is 13.4. The average Bonchev–Trinajstić information content (AvgIpc) is 3.05. The van der Waals surface area contributed by atoms with Crippen LogP contribution in [0.1, 0.15) is 45.1 Å². The minimum Gasteiger partial charge on any atom is -0.348 e. The van der Waals surface area contributed by atoms with E-state index in [4.69, 9.17) is 9.47 Å². The summed E-state index contributed by atoms with van der Waals surface area (Å²) in [5.41, 5.74) is -5.94. The molecule has 338 valence electrons. The van der Waals surface area contributed by atoms with Gasteiger partial charge in [0, 0.05) is 18.3 Å². The molecule has 1 heterocycles. The SMILES string of the molecule is CC1(C)COC(/C=C/c2ccccc2)OC1(CCC(F)(F)C(F)(F)C(F)(F)C(F)(F)C(F)(F)C(F)(F)F)CCC(F)(F)C(F)(F)C(F)(F)C(F)(F)C(F)(F)C(F)(F)F. The van der Waals surface area contributed by atoms with Gasteiger partial charge in [-0.05, 0) is 24.5 Å². The van der Waals surface area contributed by atoms with Gasteiger partial charge >= 0.3 is 71.6 Å². The largest absolute Gasteiger partial charge is 0.460 e. The van der Waals surface area contributed by atoms with Crippen molar-refractivity contribution in [1.82, 2.24) is 0 Å². The lowest BCUT2D eigenvalue weighted by Gasteiger charge is -2.53. The molecule has 0 bridgehead atoms. The lowest BCUT2D eigenvalue weighted by molar-refractivity contribution is -0.441. The zero-order chi connectivity index (χ0) is 46.1. The van der Waals surface area contributed by atoms with E-state index in [1.807, 2.05) is 0 Å². The highest BCUT2D eigenvalue weighted by molar-refractivity contribution is 5.49. The topological polar surface area (TPSA) is 18.5 Å². The smallest absolute Gasteiger partial charge is 0.348 e. The second kappa shape index (κ2) is 14.9. The zero-order valence-corrected chi connectivity index (χ0v) is 28.3. The number of ether oxygens (including phenoxy) is 2. The van der Waals surface area contributed by atoms with Crippen molar-refractivity contribution in [2.75, 3.05) is 6.61 Å². The monoisotopic (exact) mass is 910 g/mol. The van der Waals surface area contributed by atoms with Crippen molar-refractivity contribution >= 4 is 6.08 Å². The summed E-state index contributed by atoms with van der Waals surface area (Å²) in [7, 11) is 0. The Morgan fingerprint density at radius 3 is 1.16 bits per heavy atom. The number of hydrogen-bond acceptors (Lipinski definition) is 2. The molecule has 0 saturated carbocycles. The van der Waals surface area contributed by atoms with Crippen LogP contribution in [0.4, 0.5) is 114 Å². The fourth-order valence-electron chi connectivity index (χ4n) is 5.24. The van der Waals surface area contributed by atoms with E-state index < -0.39 is 121 Å². The fourth-order valence-corrected chi connectivity index (χ4v) is 5.24. The molecule has 0 amide bonds. The molecule has 0 aliphatic carbocycles. The van der Waals surface area contributed by atoms with Crippen molar-refractivity contribution in [3.63, 3.8) is 0 Å². The highest BCUT2D eigenvalue weighted by Crippen LogP contribution is 2.64. The molecule has 28 heteroatoms. The number of halogens is 26. The third-order valence-electron chi connectivity index (χ3n) is 9.11. The fraction of sp³-hybridized carbons (Fsp3) is 0.733. The molecule has 0 N–H and O–H groups in total. The first-order valence-electron chi connectivity index (χ1n) is 15.3. The van der Waals surface area contributed by atoms with Crippen LogP contribution in [0.5, 0.6) is 0 Å². The third kappa shape index (κ3) is 8.00. The molecule has 1 aliphatic heterocycles. The summed E-state index contributed by atoms with van der Waals surface area (Å²) >= 11 is 0. The van der Waals surface area contributed by atoms with Crippen LogP contribution < -0.4 is 0 Å². The molecule has 0 aromatic heterocycles. The first-order chi connectivity index (χ1) is 25.3. The Kier molecular flexibility index (Phi) is 13.2. The number of hydrogen-bond donors (Lipinski definition) is 0. The molecular formula is C30H24F26O2. The van der Waals surface area contributed by atoms with E-state index in [2.05, 4.69) is 0 Å². The van der Waals surface area contributed by atoms with Crippen molar-refractivity contribution in [3.05, 3.63) is 42.0 Å². The summed E-state index contributed by atoms with van der Waals surface area (Å²) < 4.78 is 368. The molecule has 1 aromatic rings. The molecule has 0 radical (unpaired) electrons. The first-order valence-corrected chi connectivity index (χ1v) is 15.3. The van der Waals surface area contributed by atoms with Crippen LogP contribution in [-0.2, 0) is 9.47 Å². The highest BCUT2D eigenvalue weighted by atomic mass is 19.4. The maximum Gasteiger partial charge on any atom is 0.460 e. The summed E-state index contributed by atoms with van der Waals surface area (Å²) in [4.78, 5) is 0. The van der Waals surface area contributed by atoms with Gasteiger partial charge in [-0.25, -0.2) is 0 Å². The standard InChI is InChI=1S/C30H24F26O2/c1-17(2)14-57-16(9-8-15-6-4-3-5-7-15)58-18(17,10-12-19(31,32)21(35,36)23(39,40)25(43,44)27(47,48)29(51,52)53)11-13-20(33,34)22(37,38)24(41,42)26(45,46)28(49,50)30(54,55)56/h3-9,16H,10-14H2,1-2H3/b9-8+. The summed E-state index contributed by atoms with van der Waals surface area (Å²) in [6, 6.07) is 6.65. The Balaban J connectivity index is 2.73. The summed E-state index contributed by atoms with van der Waals surface area (Å²) in [5, 5.41) is 0. The van der Waals surface area contributed by atoms with Crippen molar-refractivity contribution < 1.29 is 124 Å². The van der Waals surface area contributed by atoms with E-state index >= 15 is 0 Å². The van der Waals surface area contributed by atoms with Gasteiger partial charge in [0.1, 0.15) is 0 Å². The minimum absolute atomic E-state index is 0.139. The molecule has 1 aliphatic rings. The molecule has 2 nitrogen and oxygen atoms in total. The molecule has 1 unspecified atom stereocenters. The molecule has 1 fully saturated rings. The molecule has 1 atom stereocenters. The number of benzene rings is 1. The van der Waals surface area contributed by atoms with Gasteiger partial charge in [0.05, 0.1) is 12.2 Å². The van der Waals surface area contributed by atoms with Crippen molar-refractivity contribution in [3.8, 4) is 0 Å². The maximum absolute atomic E-state index is 14.9. The van der Waals surface area contributed by atoms with Gasteiger partial charge in [0.15, 0.2) is 6.29 Å². The lowest BCUT2D eigenvalue weighted by Crippen LogP contribution is -2.70.